The fraction of sp³-hybridized carbons (Fsp3) is 0.0545. The number of hydrogen-bond donors (Lipinski definition) is 0. The molecule has 9 aromatic carbocycles. The molecular formula is C55H39NO. The van der Waals surface area contributed by atoms with Crippen molar-refractivity contribution in [1.29, 1.82) is 0 Å². The van der Waals surface area contributed by atoms with Crippen molar-refractivity contribution in [3.8, 4) is 44.5 Å². The lowest BCUT2D eigenvalue weighted by Crippen LogP contribution is -2.16. The second kappa shape index (κ2) is 13.0. The molecule has 1 aliphatic carbocycles. The van der Waals surface area contributed by atoms with E-state index in [2.05, 4.69) is 213 Å². The van der Waals surface area contributed by atoms with E-state index in [0.29, 0.717) is 0 Å². The van der Waals surface area contributed by atoms with Gasteiger partial charge in [0.05, 0.1) is 0 Å². The Morgan fingerprint density at radius 1 is 0.386 bits per heavy atom. The van der Waals surface area contributed by atoms with Gasteiger partial charge in [-0.3, -0.25) is 0 Å². The van der Waals surface area contributed by atoms with Crippen LogP contribution in [0.4, 0.5) is 17.1 Å². The molecule has 0 amide bonds. The molecule has 0 aliphatic heterocycles. The van der Waals surface area contributed by atoms with Gasteiger partial charge in [0.2, 0.25) is 0 Å². The zero-order valence-electron chi connectivity index (χ0n) is 31.9. The Morgan fingerprint density at radius 2 is 1.04 bits per heavy atom. The van der Waals surface area contributed by atoms with E-state index >= 15 is 0 Å². The molecule has 0 radical (unpaired) electrons. The number of rotatable bonds is 6. The van der Waals surface area contributed by atoms with Gasteiger partial charge in [-0.15, -0.1) is 0 Å². The van der Waals surface area contributed by atoms with Crippen LogP contribution in [0.15, 0.2) is 205 Å². The van der Waals surface area contributed by atoms with Gasteiger partial charge in [0.25, 0.3) is 0 Å². The minimum Gasteiger partial charge on any atom is -0.456 e. The average molecular weight is 730 g/mol. The molecule has 11 rings (SSSR count). The van der Waals surface area contributed by atoms with Gasteiger partial charge in [-0.05, 0) is 115 Å². The molecule has 0 saturated heterocycles. The maximum Gasteiger partial charge on any atom is 0.136 e. The van der Waals surface area contributed by atoms with Crippen LogP contribution >= 0.6 is 0 Å². The molecule has 2 nitrogen and oxygen atoms in total. The summed E-state index contributed by atoms with van der Waals surface area (Å²) < 4.78 is 6.49. The molecule has 1 heterocycles. The van der Waals surface area contributed by atoms with Gasteiger partial charge in [0.15, 0.2) is 0 Å². The smallest absolute Gasteiger partial charge is 0.136 e. The maximum atomic E-state index is 6.49. The third-order valence-corrected chi connectivity index (χ3v) is 12.0. The largest absolute Gasteiger partial charge is 0.456 e. The minimum absolute atomic E-state index is 0.126. The third kappa shape index (κ3) is 5.40. The molecule has 0 N–H and O–H groups in total. The highest BCUT2D eigenvalue weighted by atomic mass is 16.3. The van der Waals surface area contributed by atoms with Crippen LogP contribution in [-0.2, 0) is 5.41 Å². The van der Waals surface area contributed by atoms with Crippen LogP contribution in [0.2, 0.25) is 0 Å². The summed E-state index contributed by atoms with van der Waals surface area (Å²) in [6.07, 6.45) is 0. The van der Waals surface area contributed by atoms with Gasteiger partial charge >= 0.3 is 0 Å². The molecule has 1 aromatic heterocycles. The minimum atomic E-state index is -0.126. The summed E-state index contributed by atoms with van der Waals surface area (Å²) in [4.78, 5) is 2.43. The van der Waals surface area contributed by atoms with Crippen molar-refractivity contribution in [2.75, 3.05) is 4.90 Å². The molecule has 0 unspecified atom stereocenters. The van der Waals surface area contributed by atoms with E-state index < -0.39 is 0 Å². The Hall–Kier alpha value is -7.16. The van der Waals surface area contributed by atoms with Crippen molar-refractivity contribution in [2.24, 2.45) is 0 Å². The number of para-hydroxylation sites is 1. The van der Waals surface area contributed by atoms with Crippen LogP contribution in [0.5, 0.6) is 0 Å². The standard InChI is InChI=1S/C55H39NO/c1-55(2)49-24-10-8-22-46(49)47-29-28-44(35-50(47)55)56(42-20-12-18-39(33-42)36-14-4-3-5-15-36)43-21-13-19-40(34-43)45-30-31-52-54(48-23-9-11-25-51(48)57-52)53(45)41-27-26-37-16-6-7-17-38(37)32-41/h3-35H,1-2H3. The second-order valence-electron chi connectivity index (χ2n) is 15.7. The van der Waals surface area contributed by atoms with Gasteiger partial charge in [-0.25, -0.2) is 0 Å². The Balaban J connectivity index is 1.13. The summed E-state index contributed by atoms with van der Waals surface area (Å²) in [5.74, 6) is 0. The molecule has 0 bridgehead atoms. The summed E-state index contributed by atoms with van der Waals surface area (Å²) in [6, 6.07) is 72.7. The number of hydrogen-bond acceptors (Lipinski definition) is 2. The fourth-order valence-electron chi connectivity index (χ4n) is 9.25. The highest BCUT2D eigenvalue weighted by molar-refractivity contribution is 6.16. The third-order valence-electron chi connectivity index (χ3n) is 12.0. The Morgan fingerprint density at radius 3 is 1.89 bits per heavy atom. The van der Waals surface area contributed by atoms with Crippen LogP contribution in [-0.4, -0.2) is 0 Å². The van der Waals surface area contributed by atoms with Crippen molar-refractivity contribution in [3.05, 3.63) is 211 Å². The fourth-order valence-corrected chi connectivity index (χ4v) is 9.25. The summed E-state index contributed by atoms with van der Waals surface area (Å²) in [6.45, 7) is 4.71. The van der Waals surface area contributed by atoms with Gasteiger partial charge < -0.3 is 9.32 Å². The molecule has 0 spiro atoms. The van der Waals surface area contributed by atoms with E-state index in [1.165, 1.54) is 55.3 Å². The van der Waals surface area contributed by atoms with Gasteiger partial charge in [-0.1, -0.05) is 159 Å². The van der Waals surface area contributed by atoms with Crippen LogP contribution in [0.25, 0.3) is 77.2 Å². The summed E-state index contributed by atoms with van der Waals surface area (Å²) in [5.41, 5.74) is 17.4. The number of furan rings is 1. The summed E-state index contributed by atoms with van der Waals surface area (Å²) >= 11 is 0. The first-order valence-electron chi connectivity index (χ1n) is 19.8. The highest BCUT2D eigenvalue weighted by Crippen LogP contribution is 2.51. The molecule has 0 atom stereocenters. The van der Waals surface area contributed by atoms with E-state index in [1.807, 2.05) is 6.07 Å². The molecule has 57 heavy (non-hydrogen) atoms. The van der Waals surface area contributed by atoms with Crippen molar-refractivity contribution in [3.63, 3.8) is 0 Å². The lowest BCUT2D eigenvalue weighted by atomic mass is 9.82. The number of anilines is 3. The normalized spacial score (nSPS) is 12.9. The van der Waals surface area contributed by atoms with E-state index in [-0.39, 0.29) is 5.41 Å². The lowest BCUT2D eigenvalue weighted by molar-refractivity contribution is 0.660. The zero-order chi connectivity index (χ0) is 38.1. The number of fused-ring (bicyclic) bond motifs is 7. The highest BCUT2D eigenvalue weighted by Gasteiger charge is 2.35. The van der Waals surface area contributed by atoms with Gasteiger partial charge in [0.1, 0.15) is 11.2 Å². The quantitative estimate of drug-likeness (QED) is 0.169. The Bertz CT molecular complexity index is 3170. The van der Waals surface area contributed by atoms with Crippen molar-refractivity contribution in [2.45, 2.75) is 19.3 Å². The maximum absolute atomic E-state index is 6.49. The predicted molar refractivity (Wildman–Crippen MR) is 240 cm³/mol. The molecule has 10 aromatic rings. The van der Waals surface area contributed by atoms with Crippen molar-refractivity contribution < 1.29 is 4.42 Å². The lowest BCUT2D eigenvalue weighted by Gasteiger charge is -2.29. The van der Waals surface area contributed by atoms with Gasteiger partial charge in [0, 0.05) is 38.8 Å². The molecule has 0 fully saturated rings. The summed E-state index contributed by atoms with van der Waals surface area (Å²) in [5, 5.41) is 4.69. The number of nitrogens with zero attached hydrogens (tertiary/aromatic N) is 1. The van der Waals surface area contributed by atoms with Crippen LogP contribution in [0, 0.1) is 0 Å². The van der Waals surface area contributed by atoms with Crippen LogP contribution < -0.4 is 4.90 Å². The second-order valence-corrected chi connectivity index (χ2v) is 15.7. The van der Waals surface area contributed by atoms with Crippen LogP contribution in [0.3, 0.4) is 0 Å². The average Bonchev–Trinajstić information content (AvgIpc) is 3.75. The predicted octanol–water partition coefficient (Wildman–Crippen LogP) is 15.5. The van der Waals surface area contributed by atoms with E-state index in [4.69, 9.17) is 4.42 Å². The van der Waals surface area contributed by atoms with Crippen molar-refractivity contribution >= 4 is 49.8 Å². The van der Waals surface area contributed by atoms with Crippen LogP contribution in [0.1, 0.15) is 25.0 Å². The molecule has 0 saturated carbocycles. The molecule has 2 heteroatoms. The first kappa shape index (κ1) is 33.2. The Labute approximate surface area is 332 Å². The Kier molecular flexibility index (Phi) is 7.55. The first-order chi connectivity index (χ1) is 28.0. The topological polar surface area (TPSA) is 16.4 Å². The number of benzene rings is 9. The monoisotopic (exact) mass is 729 g/mol. The molecular weight excluding hydrogens is 691 g/mol. The molecule has 270 valence electrons. The summed E-state index contributed by atoms with van der Waals surface area (Å²) in [7, 11) is 0. The molecule has 1 aliphatic rings. The van der Waals surface area contributed by atoms with E-state index in [0.717, 1.165) is 50.1 Å². The van der Waals surface area contributed by atoms with Crippen molar-refractivity contribution in [1.82, 2.24) is 0 Å². The van der Waals surface area contributed by atoms with Gasteiger partial charge in [-0.2, -0.15) is 0 Å². The zero-order valence-corrected chi connectivity index (χ0v) is 31.9. The SMILES string of the molecule is CC1(C)c2ccccc2-c2ccc(N(c3cccc(-c4ccccc4)c3)c3cccc(-c4ccc5oc6ccccc6c5c4-c4ccc5ccccc5c4)c3)cc21. The van der Waals surface area contributed by atoms with E-state index in [9.17, 15) is 0 Å². The first-order valence-corrected chi connectivity index (χ1v) is 19.8. The van der Waals surface area contributed by atoms with E-state index in [1.54, 1.807) is 0 Å².